The van der Waals surface area contributed by atoms with Gasteiger partial charge in [-0.25, -0.2) is 0 Å². The first-order valence-corrected chi connectivity index (χ1v) is 6.92. The number of benzene rings is 1. The average molecular weight is 258 g/mol. The molecule has 2 atom stereocenters. The number of carbonyl (C=O) groups is 1. The van der Waals surface area contributed by atoms with Gasteiger partial charge >= 0.3 is 0 Å². The Morgan fingerprint density at radius 2 is 2.11 bits per heavy atom. The van der Waals surface area contributed by atoms with E-state index in [1.807, 2.05) is 26.0 Å². The minimum absolute atomic E-state index is 0.0390. The first kappa shape index (κ1) is 13.8. The molecule has 1 saturated heterocycles. The summed E-state index contributed by atoms with van der Waals surface area (Å²) < 4.78 is 0. The van der Waals surface area contributed by atoms with Gasteiger partial charge in [-0.3, -0.25) is 4.79 Å². The number of rotatable bonds is 3. The van der Waals surface area contributed by atoms with Crippen molar-refractivity contribution in [3.8, 4) is 0 Å². The second-order valence-corrected chi connectivity index (χ2v) is 5.06. The van der Waals surface area contributed by atoms with Crippen molar-refractivity contribution in [2.45, 2.75) is 32.2 Å². The van der Waals surface area contributed by atoms with Crippen molar-refractivity contribution in [2.75, 3.05) is 13.1 Å². The van der Waals surface area contributed by atoms with Gasteiger partial charge in [0.1, 0.15) is 0 Å². The zero-order valence-electron chi connectivity index (χ0n) is 11.6. The van der Waals surface area contributed by atoms with Gasteiger partial charge in [-0.05, 0) is 32.4 Å². The van der Waals surface area contributed by atoms with Crippen LogP contribution < -0.4 is 10.6 Å². The summed E-state index contributed by atoms with van der Waals surface area (Å²) in [5.74, 6) is 0.438. The van der Waals surface area contributed by atoms with Gasteiger partial charge in [-0.15, -0.1) is 0 Å². The molecular weight excluding hydrogens is 236 g/mol. The molecule has 0 radical (unpaired) electrons. The maximum Gasteiger partial charge on any atom is 0.246 e. The first-order valence-electron chi connectivity index (χ1n) is 6.92. The van der Waals surface area contributed by atoms with Crippen molar-refractivity contribution in [3.05, 3.63) is 47.5 Å². The van der Waals surface area contributed by atoms with Crippen LogP contribution in [0.4, 0.5) is 0 Å². The number of amides is 1. The van der Waals surface area contributed by atoms with E-state index in [1.54, 1.807) is 0 Å². The van der Waals surface area contributed by atoms with Crippen LogP contribution in [-0.4, -0.2) is 25.0 Å². The van der Waals surface area contributed by atoms with E-state index in [-0.39, 0.29) is 11.9 Å². The molecular formula is C16H22N2O. The summed E-state index contributed by atoms with van der Waals surface area (Å²) in [4.78, 5) is 12.0. The van der Waals surface area contributed by atoms with Crippen molar-refractivity contribution in [1.82, 2.24) is 10.6 Å². The van der Waals surface area contributed by atoms with Gasteiger partial charge in [0, 0.05) is 24.1 Å². The smallest absolute Gasteiger partial charge is 0.246 e. The minimum atomic E-state index is 0.0390. The molecule has 3 heteroatoms. The third kappa shape index (κ3) is 3.44. The van der Waals surface area contributed by atoms with E-state index in [2.05, 4.69) is 34.9 Å². The minimum Gasteiger partial charge on any atom is -0.348 e. The first-order chi connectivity index (χ1) is 9.22. The van der Waals surface area contributed by atoms with Crippen LogP contribution in [0.5, 0.6) is 0 Å². The Balaban J connectivity index is 2.11. The summed E-state index contributed by atoms with van der Waals surface area (Å²) in [6.45, 7) is 5.59. The van der Waals surface area contributed by atoms with Crippen LogP contribution in [0.25, 0.3) is 0 Å². The SMILES string of the molecule is C/C=C(\C)C(=O)NC1CNCCC1c1ccccc1. The summed E-state index contributed by atoms with van der Waals surface area (Å²) >= 11 is 0. The van der Waals surface area contributed by atoms with Crippen LogP contribution in [0.2, 0.25) is 0 Å². The van der Waals surface area contributed by atoms with E-state index in [4.69, 9.17) is 0 Å². The van der Waals surface area contributed by atoms with Crippen LogP contribution >= 0.6 is 0 Å². The number of carbonyl (C=O) groups excluding carboxylic acids is 1. The Morgan fingerprint density at radius 3 is 2.79 bits per heavy atom. The van der Waals surface area contributed by atoms with E-state index >= 15 is 0 Å². The van der Waals surface area contributed by atoms with Gasteiger partial charge in [0.2, 0.25) is 5.91 Å². The molecule has 0 aliphatic carbocycles. The molecule has 1 aromatic rings. The summed E-state index contributed by atoms with van der Waals surface area (Å²) in [7, 11) is 0. The monoisotopic (exact) mass is 258 g/mol. The molecule has 0 spiro atoms. The van der Waals surface area contributed by atoms with E-state index in [0.29, 0.717) is 5.92 Å². The van der Waals surface area contributed by atoms with E-state index < -0.39 is 0 Å². The Hall–Kier alpha value is -1.61. The zero-order valence-corrected chi connectivity index (χ0v) is 11.6. The normalized spacial score (nSPS) is 24.0. The molecule has 102 valence electrons. The number of hydrogen-bond acceptors (Lipinski definition) is 2. The molecule has 1 fully saturated rings. The molecule has 0 bridgehead atoms. The van der Waals surface area contributed by atoms with Crippen LogP contribution in [0.15, 0.2) is 42.0 Å². The third-order valence-corrected chi connectivity index (χ3v) is 3.82. The lowest BCUT2D eigenvalue weighted by Crippen LogP contribution is -2.50. The predicted octanol–water partition coefficient (Wildman–Crippen LogP) is 2.21. The summed E-state index contributed by atoms with van der Waals surface area (Å²) in [6, 6.07) is 10.6. The van der Waals surface area contributed by atoms with Gasteiger partial charge in [0.15, 0.2) is 0 Å². The Bertz CT molecular complexity index is 453. The number of hydrogen-bond donors (Lipinski definition) is 2. The highest BCUT2D eigenvalue weighted by molar-refractivity contribution is 5.92. The van der Waals surface area contributed by atoms with Crippen LogP contribution in [0.3, 0.4) is 0 Å². The zero-order chi connectivity index (χ0) is 13.7. The topological polar surface area (TPSA) is 41.1 Å². The summed E-state index contributed by atoms with van der Waals surface area (Å²) in [6.07, 6.45) is 2.91. The lowest BCUT2D eigenvalue weighted by atomic mass is 9.86. The van der Waals surface area contributed by atoms with Crippen LogP contribution in [0.1, 0.15) is 31.7 Å². The summed E-state index contributed by atoms with van der Waals surface area (Å²) in [5.41, 5.74) is 2.09. The highest BCUT2D eigenvalue weighted by Crippen LogP contribution is 2.25. The molecule has 1 aromatic carbocycles. The molecule has 1 aliphatic rings. The predicted molar refractivity (Wildman–Crippen MR) is 78.0 cm³/mol. The standard InChI is InChI=1S/C16H22N2O/c1-3-12(2)16(19)18-15-11-17-10-9-14(15)13-7-5-4-6-8-13/h3-8,14-15,17H,9-11H2,1-2H3,(H,18,19)/b12-3+. The second kappa shape index (κ2) is 6.53. The van der Waals surface area contributed by atoms with Gasteiger partial charge in [0.05, 0.1) is 0 Å². The fraction of sp³-hybridized carbons (Fsp3) is 0.438. The lowest BCUT2D eigenvalue weighted by Gasteiger charge is -2.33. The number of piperidine rings is 1. The summed E-state index contributed by atoms with van der Waals surface area (Å²) in [5, 5.41) is 6.51. The quantitative estimate of drug-likeness (QED) is 0.816. The number of nitrogens with one attached hydrogen (secondary N) is 2. The van der Waals surface area contributed by atoms with Crippen molar-refractivity contribution in [1.29, 1.82) is 0 Å². The average Bonchev–Trinajstić information content (AvgIpc) is 2.47. The Kier molecular flexibility index (Phi) is 4.74. The highest BCUT2D eigenvalue weighted by Gasteiger charge is 2.27. The van der Waals surface area contributed by atoms with Gasteiger partial charge < -0.3 is 10.6 Å². The molecule has 19 heavy (non-hydrogen) atoms. The molecule has 1 heterocycles. The third-order valence-electron chi connectivity index (χ3n) is 3.82. The molecule has 3 nitrogen and oxygen atoms in total. The fourth-order valence-corrected chi connectivity index (χ4v) is 2.52. The Morgan fingerprint density at radius 1 is 1.37 bits per heavy atom. The second-order valence-electron chi connectivity index (χ2n) is 5.06. The van der Waals surface area contributed by atoms with E-state index in [1.165, 1.54) is 5.56 Å². The van der Waals surface area contributed by atoms with Crippen LogP contribution in [0, 0.1) is 0 Å². The van der Waals surface area contributed by atoms with Crippen molar-refractivity contribution in [2.24, 2.45) is 0 Å². The van der Waals surface area contributed by atoms with Gasteiger partial charge in [0.25, 0.3) is 0 Å². The van der Waals surface area contributed by atoms with Gasteiger partial charge in [-0.2, -0.15) is 0 Å². The maximum absolute atomic E-state index is 12.0. The van der Waals surface area contributed by atoms with Crippen molar-refractivity contribution < 1.29 is 4.79 Å². The fourth-order valence-electron chi connectivity index (χ4n) is 2.52. The molecule has 2 rings (SSSR count). The largest absolute Gasteiger partial charge is 0.348 e. The molecule has 2 N–H and O–H groups in total. The van der Waals surface area contributed by atoms with Crippen molar-refractivity contribution >= 4 is 5.91 Å². The van der Waals surface area contributed by atoms with Crippen molar-refractivity contribution in [3.63, 3.8) is 0 Å². The molecule has 0 aromatic heterocycles. The Labute approximate surface area is 115 Å². The number of allylic oxidation sites excluding steroid dienone is 1. The molecule has 0 saturated carbocycles. The molecule has 1 aliphatic heterocycles. The molecule has 1 amide bonds. The van der Waals surface area contributed by atoms with E-state index in [9.17, 15) is 4.79 Å². The van der Waals surface area contributed by atoms with E-state index in [0.717, 1.165) is 25.1 Å². The highest BCUT2D eigenvalue weighted by atomic mass is 16.1. The molecule has 2 unspecified atom stereocenters. The maximum atomic E-state index is 12.0. The lowest BCUT2D eigenvalue weighted by molar-refractivity contribution is -0.118. The van der Waals surface area contributed by atoms with Crippen LogP contribution in [-0.2, 0) is 4.79 Å². The van der Waals surface area contributed by atoms with Gasteiger partial charge in [-0.1, -0.05) is 36.4 Å².